The molecule has 1 rings (SSSR count). The van der Waals surface area contributed by atoms with E-state index in [0.717, 1.165) is 6.20 Å². The Morgan fingerprint density at radius 1 is 1.69 bits per heavy atom. The molecule has 0 unspecified atom stereocenters. The predicted molar refractivity (Wildman–Crippen MR) is 46.6 cm³/mol. The third-order valence-electron chi connectivity index (χ3n) is 1.57. The minimum absolute atomic E-state index is 0.0604. The van der Waals surface area contributed by atoms with Crippen molar-refractivity contribution in [3.05, 3.63) is 29.8 Å². The number of nitrogens with zero attached hydrogens (tertiary/aromatic N) is 1. The van der Waals surface area contributed by atoms with Gasteiger partial charge in [-0.2, -0.15) is 0 Å². The predicted octanol–water partition coefficient (Wildman–Crippen LogP) is 1.82. The van der Waals surface area contributed by atoms with E-state index in [-0.39, 0.29) is 17.8 Å². The van der Waals surface area contributed by atoms with Crippen molar-refractivity contribution >= 4 is 5.78 Å². The van der Waals surface area contributed by atoms with E-state index in [4.69, 9.17) is 6.42 Å². The quantitative estimate of drug-likeness (QED) is 0.520. The van der Waals surface area contributed by atoms with Gasteiger partial charge in [0.05, 0.1) is 11.8 Å². The molecule has 0 saturated carbocycles. The van der Waals surface area contributed by atoms with Crippen molar-refractivity contribution in [2.45, 2.75) is 12.8 Å². The zero-order valence-electron chi connectivity index (χ0n) is 6.96. The largest absolute Gasteiger partial charge is 0.294 e. The van der Waals surface area contributed by atoms with Gasteiger partial charge in [0.1, 0.15) is 0 Å². The number of hydrogen-bond donors (Lipinski definition) is 0. The Morgan fingerprint density at radius 2 is 2.46 bits per heavy atom. The van der Waals surface area contributed by atoms with E-state index in [2.05, 4.69) is 10.9 Å². The average Bonchev–Trinajstić information content (AvgIpc) is 2.15. The number of carbonyl (C=O) groups is 1. The molecule has 0 atom stereocenters. The molecule has 0 aromatic carbocycles. The number of Topliss-reactive ketones (excluding diaryl/α,β-unsaturated/α-hetero) is 1. The fourth-order valence-corrected chi connectivity index (χ4v) is 0.922. The maximum absolute atomic E-state index is 12.9. The summed E-state index contributed by atoms with van der Waals surface area (Å²) in [7, 11) is 0. The fourth-order valence-electron chi connectivity index (χ4n) is 0.922. The topological polar surface area (TPSA) is 30.0 Å². The van der Waals surface area contributed by atoms with Crippen LogP contribution in [0.2, 0.25) is 0 Å². The minimum atomic E-state index is -0.593. The lowest BCUT2D eigenvalue weighted by Gasteiger charge is -1.98. The lowest BCUT2D eigenvalue weighted by Crippen LogP contribution is -2.01. The highest BCUT2D eigenvalue weighted by molar-refractivity contribution is 5.96. The Kier molecular flexibility index (Phi) is 3.15. The van der Waals surface area contributed by atoms with Gasteiger partial charge in [-0.25, -0.2) is 4.39 Å². The van der Waals surface area contributed by atoms with Crippen molar-refractivity contribution in [1.29, 1.82) is 0 Å². The van der Waals surface area contributed by atoms with Crippen LogP contribution in [0.15, 0.2) is 18.5 Å². The molecule has 0 spiro atoms. The molecule has 0 N–H and O–H groups in total. The van der Waals surface area contributed by atoms with Gasteiger partial charge in [0, 0.05) is 19.0 Å². The molecule has 3 heteroatoms. The summed E-state index contributed by atoms with van der Waals surface area (Å²) in [6, 6.07) is 1.36. The van der Waals surface area contributed by atoms with Gasteiger partial charge in [0.25, 0.3) is 0 Å². The molecule has 66 valence electrons. The molecule has 0 aliphatic heterocycles. The van der Waals surface area contributed by atoms with Crippen LogP contribution < -0.4 is 0 Å². The summed E-state index contributed by atoms with van der Waals surface area (Å²) in [5, 5.41) is 0. The zero-order chi connectivity index (χ0) is 9.68. The van der Waals surface area contributed by atoms with E-state index in [1.807, 2.05) is 0 Å². The second-order valence-corrected chi connectivity index (χ2v) is 2.48. The van der Waals surface area contributed by atoms with Crippen LogP contribution in [0.5, 0.6) is 0 Å². The highest BCUT2D eigenvalue weighted by atomic mass is 19.1. The highest BCUT2D eigenvalue weighted by Crippen LogP contribution is 2.08. The molecule has 0 bridgehead atoms. The maximum Gasteiger partial charge on any atom is 0.166 e. The van der Waals surface area contributed by atoms with E-state index in [0.29, 0.717) is 6.42 Å². The van der Waals surface area contributed by atoms with Crippen molar-refractivity contribution in [1.82, 2.24) is 4.98 Å². The van der Waals surface area contributed by atoms with E-state index >= 15 is 0 Å². The average molecular weight is 177 g/mol. The summed E-state index contributed by atoms with van der Waals surface area (Å²) in [5.74, 6) is 1.46. The molecule has 0 saturated heterocycles. The van der Waals surface area contributed by atoms with Gasteiger partial charge in [-0.15, -0.1) is 12.3 Å². The number of halogens is 1. The zero-order valence-corrected chi connectivity index (χ0v) is 6.96. The first-order chi connectivity index (χ1) is 6.25. The molecule has 13 heavy (non-hydrogen) atoms. The molecule has 1 aromatic rings. The van der Waals surface area contributed by atoms with Crippen LogP contribution >= 0.6 is 0 Å². The van der Waals surface area contributed by atoms with E-state index < -0.39 is 5.82 Å². The van der Waals surface area contributed by atoms with Crippen LogP contribution in [0.1, 0.15) is 23.2 Å². The van der Waals surface area contributed by atoms with Gasteiger partial charge in [-0.05, 0) is 6.07 Å². The summed E-state index contributed by atoms with van der Waals surface area (Å²) in [6.07, 6.45) is 7.89. The number of hydrogen-bond acceptors (Lipinski definition) is 2. The normalized spacial score (nSPS) is 9.23. The first-order valence-corrected chi connectivity index (χ1v) is 3.82. The molecular formula is C10H8FNO. The Morgan fingerprint density at radius 3 is 3.08 bits per heavy atom. The van der Waals surface area contributed by atoms with E-state index in [1.54, 1.807) is 0 Å². The molecule has 1 heterocycles. The third-order valence-corrected chi connectivity index (χ3v) is 1.57. The van der Waals surface area contributed by atoms with Gasteiger partial charge < -0.3 is 0 Å². The Bertz CT molecular complexity index is 354. The molecule has 0 aliphatic rings. The standard InChI is InChI=1S/C10H8FNO/c1-2-3-4-10(13)8-5-6-12-7-9(8)11/h1,5-7H,3-4H2. The van der Waals surface area contributed by atoms with Crippen molar-refractivity contribution in [3.8, 4) is 12.3 Å². The number of ketones is 1. The van der Waals surface area contributed by atoms with Crippen molar-refractivity contribution in [3.63, 3.8) is 0 Å². The number of terminal acetylenes is 1. The molecule has 2 nitrogen and oxygen atoms in total. The molecule has 0 amide bonds. The van der Waals surface area contributed by atoms with Crippen molar-refractivity contribution in [2.24, 2.45) is 0 Å². The van der Waals surface area contributed by atoms with Crippen LogP contribution in [-0.4, -0.2) is 10.8 Å². The van der Waals surface area contributed by atoms with Crippen molar-refractivity contribution in [2.75, 3.05) is 0 Å². The first-order valence-electron chi connectivity index (χ1n) is 3.82. The van der Waals surface area contributed by atoms with Gasteiger partial charge in [-0.3, -0.25) is 9.78 Å². The first kappa shape index (κ1) is 9.40. The maximum atomic E-state index is 12.9. The smallest absolute Gasteiger partial charge is 0.166 e. The molecule has 0 fully saturated rings. The number of aromatic nitrogens is 1. The SMILES string of the molecule is C#CCCC(=O)c1ccncc1F. The van der Waals surface area contributed by atoms with Crippen LogP contribution in [0, 0.1) is 18.2 Å². The van der Waals surface area contributed by atoms with Crippen molar-refractivity contribution < 1.29 is 9.18 Å². The molecular weight excluding hydrogens is 169 g/mol. The second-order valence-electron chi connectivity index (χ2n) is 2.48. The molecule has 1 aromatic heterocycles. The Hall–Kier alpha value is -1.69. The molecule has 0 radical (unpaired) electrons. The minimum Gasteiger partial charge on any atom is -0.294 e. The number of carbonyl (C=O) groups excluding carboxylic acids is 1. The van der Waals surface area contributed by atoms with Gasteiger partial charge in [0.15, 0.2) is 11.6 Å². The Labute approximate surface area is 75.8 Å². The summed E-state index contributed by atoms with van der Waals surface area (Å²) in [6.45, 7) is 0. The van der Waals surface area contributed by atoms with E-state index in [1.165, 1.54) is 12.3 Å². The fraction of sp³-hybridized carbons (Fsp3) is 0.200. The second kappa shape index (κ2) is 4.36. The number of pyridine rings is 1. The van der Waals surface area contributed by atoms with Crippen LogP contribution in [0.25, 0.3) is 0 Å². The van der Waals surface area contributed by atoms with Crippen LogP contribution in [-0.2, 0) is 0 Å². The monoisotopic (exact) mass is 177 g/mol. The third kappa shape index (κ3) is 2.38. The van der Waals surface area contributed by atoms with Crippen LogP contribution in [0.4, 0.5) is 4.39 Å². The summed E-state index contributed by atoms with van der Waals surface area (Å²) < 4.78 is 12.9. The summed E-state index contributed by atoms with van der Waals surface area (Å²) in [4.78, 5) is 14.8. The lowest BCUT2D eigenvalue weighted by molar-refractivity contribution is 0.0980. The summed E-state index contributed by atoms with van der Waals surface area (Å²) in [5.41, 5.74) is 0.0604. The van der Waals surface area contributed by atoms with Gasteiger partial charge in [0.2, 0.25) is 0 Å². The Balaban J connectivity index is 2.78. The summed E-state index contributed by atoms with van der Waals surface area (Å²) >= 11 is 0. The van der Waals surface area contributed by atoms with Gasteiger partial charge >= 0.3 is 0 Å². The molecule has 0 aliphatic carbocycles. The highest BCUT2D eigenvalue weighted by Gasteiger charge is 2.09. The number of rotatable bonds is 3. The van der Waals surface area contributed by atoms with E-state index in [9.17, 15) is 9.18 Å². The van der Waals surface area contributed by atoms with Crippen LogP contribution in [0.3, 0.4) is 0 Å². The van der Waals surface area contributed by atoms with Gasteiger partial charge in [-0.1, -0.05) is 0 Å². The lowest BCUT2D eigenvalue weighted by atomic mass is 10.1.